The Morgan fingerprint density at radius 1 is 0.966 bits per heavy atom. The fraction of sp³-hybridized carbons (Fsp3) is 0.520. The van der Waals surface area contributed by atoms with Gasteiger partial charge in [0, 0.05) is 18.0 Å². The van der Waals surface area contributed by atoms with Crippen molar-refractivity contribution in [2.75, 3.05) is 27.2 Å². The fourth-order valence-corrected chi connectivity index (χ4v) is 6.46. The summed E-state index contributed by atoms with van der Waals surface area (Å²) < 4.78 is 11.5. The summed E-state index contributed by atoms with van der Waals surface area (Å²) in [7, 11) is 2.08. The third kappa shape index (κ3) is 6.04. The predicted octanol–water partition coefficient (Wildman–Crippen LogP) is 5.57. The molecule has 0 aliphatic heterocycles. The van der Waals surface area contributed by atoms with Gasteiger partial charge in [0.25, 0.3) is 0 Å². The molecule has 0 aliphatic rings. The number of hydrogen-bond acceptors (Lipinski definition) is 2. The average molecular weight is 433 g/mol. The maximum atomic E-state index is 6.21. The van der Waals surface area contributed by atoms with Crippen LogP contribution in [0, 0.1) is 6.92 Å². The molecule has 2 aromatic rings. The van der Waals surface area contributed by atoms with Crippen molar-refractivity contribution in [2.45, 2.75) is 59.3 Å². The van der Waals surface area contributed by atoms with Gasteiger partial charge in [0.05, 0.1) is 0 Å². The molecule has 1 atom stereocenters. The Balaban J connectivity index is 2.75. The van der Waals surface area contributed by atoms with Gasteiger partial charge >= 0.3 is 0 Å². The van der Waals surface area contributed by atoms with Gasteiger partial charge in [-0.2, -0.15) is 0 Å². The first-order valence-electron chi connectivity index (χ1n) is 10.2. The summed E-state index contributed by atoms with van der Waals surface area (Å²) >= 11 is 0. The third-order valence-corrected chi connectivity index (χ3v) is 8.18. The molecule has 2 aromatic carbocycles. The molecule has 4 heteroatoms. The molecule has 0 aromatic heterocycles. The molecule has 0 radical (unpaired) electrons. The highest BCUT2D eigenvalue weighted by Crippen LogP contribution is 2.38. The Bertz CT molecular complexity index is 843. The quantitative estimate of drug-likeness (QED) is 0.439. The Kier molecular flexibility index (Phi) is 7.94. The summed E-state index contributed by atoms with van der Waals surface area (Å²) in [6.45, 7) is 20.8. The molecule has 160 valence electrons. The van der Waals surface area contributed by atoms with Crippen LogP contribution in [-0.4, -0.2) is 27.2 Å². The van der Waals surface area contributed by atoms with Crippen LogP contribution >= 0.6 is 16.5 Å². The molecular formula is C25H38O2P2. The van der Waals surface area contributed by atoms with E-state index in [4.69, 9.17) is 9.47 Å². The number of methoxy groups -OCH3 is 1. The van der Waals surface area contributed by atoms with Gasteiger partial charge in [0.1, 0.15) is 5.75 Å². The normalized spacial score (nSPS) is 12.9. The minimum absolute atomic E-state index is 0.0136. The second-order valence-corrected chi connectivity index (χ2v) is 13.5. The molecule has 1 unspecified atom stereocenters. The van der Waals surface area contributed by atoms with Gasteiger partial charge < -0.3 is 9.47 Å². The van der Waals surface area contributed by atoms with Gasteiger partial charge in [-0.05, 0) is 58.9 Å². The van der Waals surface area contributed by atoms with Gasteiger partial charge in [-0.25, -0.2) is 0 Å². The van der Waals surface area contributed by atoms with E-state index >= 15 is 0 Å². The van der Waals surface area contributed by atoms with Crippen LogP contribution in [0.1, 0.15) is 58.2 Å². The molecule has 0 spiro atoms. The van der Waals surface area contributed by atoms with E-state index in [9.17, 15) is 0 Å². The Labute approximate surface area is 181 Å². The largest absolute Gasteiger partial charge is 0.467 e. The van der Waals surface area contributed by atoms with Crippen molar-refractivity contribution in [1.29, 1.82) is 0 Å². The summed E-state index contributed by atoms with van der Waals surface area (Å²) in [6, 6.07) is 11.4. The van der Waals surface area contributed by atoms with Gasteiger partial charge in [-0.3, -0.25) is 0 Å². The first-order valence-corrected chi connectivity index (χ1v) is 13.4. The second kappa shape index (κ2) is 9.47. The zero-order valence-electron chi connectivity index (χ0n) is 19.9. The molecule has 0 saturated carbocycles. The molecule has 2 rings (SSSR count). The highest BCUT2D eigenvalue weighted by Gasteiger charge is 2.27. The molecule has 29 heavy (non-hydrogen) atoms. The van der Waals surface area contributed by atoms with Gasteiger partial charge in [0.15, 0.2) is 6.79 Å². The van der Waals surface area contributed by atoms with Crippen LogP contribution < -0.4 is 20.7 Å². The first-order chi connectivity index (χ1) is 13.4. The SMILES string of the molecule is COCOc1c(Pc2c(C)cccc2P(C)C)cc(C(C)(C)C)cc1C(C)(C)C. The summed E-state index contributed by atoms with van der Waals surface area (Å²) in [5.74, 6) is 0.997. The summed E-state index contributed by atoms with van der Waals surface area (Å²) in [4.78, 5) is 0. The van der Waals surface area contributed by atoms with Crippen LogP contribution in [0.4, 0.5) is 0 Å². The summed E-state index contributed by atoms with van der Waals surface area (Å²) in [5, 5.41) is 4.25. The molecular weight excluding hydrogens is 394 g/mol. The third-order valence-electron chi connectivity index (χ3n) is 5.08. The van der Waals surface area contributed by atoms with E-state index in [0.29, 0.717) is 8.58 Å². The fourth-order valence-electron chi connectivity index (χ4n) is 3.31. The summed E-state index contributed by atoms with van der Waals surface area (Å²) in [6.07, 6.45) is 0. The Morgan fingerprint density at radius 2 is 1.62 bits per heavy atom. The number of aryl methyl sites for hydroxylation is 1. The van der Waals surface area contributed by atoms with Gasteiger partial charge in [-0.15, -0.1) is 0 Å². The lowest BCUT2D eigenvalue weighted by atomic mass is 9.80. The molecule has 0 amide bonds. The maximum absolute atomic E-state index is 6.21. The maximum Gasteiger partial charge on any atom is 0.188 e. The lowest BCUT2D eigenvalue weighted by Gasteiger charge is -2.29. The molecule has 2 nitrogen and oxygen atoms in total. The van der Waals surface area contributed by atoms with Crippen LogP contribution in [0.5, 0.6) is 5.75 Å². The number of hydrogen-bond donors (Lipinski definition) is 0. The van der Waals surface area contributed by atoms with E-state index in [1.165, 1.54) is 32.6 Å². The van der Waals surface area contributed by atoms with E-state index in [0.717, 1.165) is 5.75 Å². The van der Waals surface area contributed by atoms with Crippen LogP contribution in [-0.2, 0) is 15.6 Å². The zero-order chi connectivity index (χ0) is 22.0. The van der Waals surface area contributed by atoms with Crippen LogP contribution in [0.25, 0.3) is 0 Å². The molecule has 0 bridgehead atoms. The predicted molar refractivity (Wildman–Crippen MR) is 134 cm³/mol. The van der Waals surface area contributed by atoms with Gasteiger partial charge in [-0.1, -0.05) is 82.3 Å². The molecule has 0 aliphatic carbocycles. The zero-order valence-corrected chi connectivity index (χ0v) is 21.8. The smallest absolute Gasteiger partial charge is 0.188 e. The monoisotopic (exact) mass is 432 g/mol. The molecule has 0 heterocycles. The van der Waals surface area contributed by atoms with Gasteiger partial charge in [0.2, 0.25) is 0 Å². The van der Waals surface area contributed by atoms with E-state index < -0.39 is 0 Å². The topological polar surface area (TPSA) is 18.5 Å². The number of ether oxygens (including phenoxy) is 2. The second-order valence-electron chi connectivity index (χ2n) is 9.94. The lowest BCUT2D eigenvalue weighted by Crippen LogP contribution is -2.27. The minimum Gasteiger partial charge on any atom is -0.467 e. The van der Waals surface area contributed by atoms with E-state index in [1.54, 1.807) is 7.11 Å². The van der Waals surface area contributed by atoms with Crippen molar-refractivity contribution in [3.63, 3.8) is 0 Å². The molecule has 0 saturated heterocycles. The van der Waals surface area contributed by atoms with Crippen molar-refractivity contribution < 1.29 is 9.47 Å². The number of rotatable bonds is 6. The number of benzene rings is 2. The Hall–Kier alpha value is -0.940. The van der Waals surface area contributed by atoms with E-state index in [-0.39, 0.29) is 25.5 Å². The van der Waals surface area contributed by atoms with Crippen molar-refractivity contribution in [3.8, 4) is 5.75 Å². The molecule has 0 fully saturated rings. The molecule has 0 N–H and O–H groups in total. The first kappa shape index (κ1) is 24.3. The summed E-state index contributed by atoms with van der Waals surface area (Å²) in [5.41, 5.74) is 4.05. The van der Waals surface area contributed by atoms with E-state index in [2.05, 4.69) is 92.1 Å². The highest BCUT2D eigenvalue weighted by atomic mass is 31.1. The van der Waals surface area contributed by atoms with Crippen molar-refractivity contribution in [1.82, 2.24) is 0 Å². The standard InChI is InChI=1S/C25H38O2P2/c1-17-12-11-13-21(29(9)10)23(17)28-20-15-18(24(2,3)4)14-19(25(5,6)7)22(20)27-16-26-8/h11-15,28H,16H2,1-10H3. The van der Waals surface area contributed by atoms with Crippen LogP contribution in [0.2, 0.25) is 0 Å². The van der Waals surface area contributed by atoms with Crippen molar-refractivity contribution >= 4 is 32.4 Å². The van der Waals surface area contributed by atoms with E-state index in [1.807, 2.05) is 0 Å². The minimum atomic E-state index is -0.168. The van der Waals surface area contributed by atoms with Crippen LogP contribution in [0.15, 0.2) is 30.3 Å². The van der Waals surface area contributed by atoms with Crippen LogP contribution in [0.3, 0.4) is 0 Å². The van der Waals surface area contributed by atoms with Crippen molar-refractivity contribution in [2.24, 2.45) is 0 Å². The lowest BCUT2D eigenvalue weighted by molar-refractivity contribution is 0.0506. The average Bonchev–Trinajstić information content (AvgIpc) is 2.59. The van der Waals surface area contributed by atoms with Crippen molar-refractivity contribution in [3.05, 3.63) is 47.0 Å². The Morgan fingerprint density at radius 3 is 2.14 bits per heavy atom. The highest BCUT2D eigenvalue weighted by molar-refractivity contribution is 7.67.